The third-order valence-corrected chi connectivity index (χ3v) is 10.9. The number of furan rings is 1. The van der Waals surface area contributed by atoms with E-state index in [4.69, 9.17) is 4.42 Å². The Hall–Kier alpha value is -6.18. The second-order valence-corrected chi connectivity index (χ2v) is 14.0. The molecule has 0 radical (unpaired) electrons. The highest BCUT2D eigenvalue weighted by molar-refractivity contribution is 6.23. The molecular weight excluding hydrogens is 605 g/mol. The number of hydrogen-bond donors (Lipinski definition) is 0. The normalized spacial score (nSPS) is 13.2. The van der Waals surface area contributed by atoms with Crippen molar-refractivity contribution in [3.63, 3.8) is 0 Å². The molecule has 1 aliphatic rings. The first-order valence-electron chi connectivity index (χ1n) is 17.4. The van der Waals surface area contributed by atoms with Crippen LogP contribution in [0.1, 0.15) is 25.0 Å². The van der Waals surface area contributed by atoms with Crippen molar-refractivity contribution in [1.29, 1.82) is 0 Å². The van der Waals surface area contributed by atoms with E-state index in [-0.39, 0.29) is 5.41 Å². The van der Waals surface area contributed by atoms with Gasteiger partial charge in [-0.2, -0.15) is 0 Å². The minimum absolute atomic E-state index is 0.0689. The molecule has 9 aromatic rings. The molecule has 1 aromatic heterocycles. The summed E-state index contributed by atoms with van der Waals surface area (Å²) in [5.74, 6) is 0.903. The van der Waals surface area contributed by atoms with Gasteiger partial charge in [0, 0.05) is 16.4 Å². The summed E-state index contributed by atoms with van der Waals surface area (Å²) >= 11 is 0. The maximum absolute atomic E-state index is 6.79. The first-order chi connectivity index (χ1) is 24.6. The van der Waals surface area contributed by atoms with E-state index in [1.807, 2.05) is 0 Å². The zero-order valence-corrected chi connectivity index (χ0v) is 28.1. The summed E-state index contributed by atoms with van der Waals surface area (Å²) in [5.41, 5.74) is 14.6. The van der Waals surface area contributed by atoms with Gasteiger partial charge in [-0.3, -0.25) is 0 Å². The molecule has 1 heterocycles. The molecule has 50 heavy (non-hydrogen) atoms. The Labute approximate surface area is 292 Å². The van der Waals surface area contributed by atoms with Gasteiger partial charge in [0.2, 0.25) is 0 Å². The van der Waals surface area contributed by atoms with Crippen molar-refractivity contribution in [3.05, 3.63) is 181 Å². The molecule has 0 saturated carbocycles. The molecule has 236 valence electrons. The van der Waals surface area contributed by atoms with E-state index in [2.05, 4.69) is 184 Å². The zero-order chi connectivity index (χ0) is 33.4. The minimum Gasteiger partial charge on any atom is -0.456 e. The average molecular weight is 639 g/mol. The molecule has 8 aromatic carbocycles. The molecule has 0 bridgehead atoms. The van der Waals surface area contributed by atoms with Crippen LogP contribution in [-0.2, 0) is 5.41 Å². The van der Waals surface area contributed by atoms with Gasteiger partial charge in [-0.1, -0.05) is 172 Å². The maximum atomic E-state index is 6.79. The van der Waals surface area contributed by atoms with E-state index in [1.165, 1.54) is 77.2 Å². The van der Waals surface area contributed by atoms with Gasteiger partial charge < -0.3 is 4.42 Å². The molecule has 0 fully saturated rings. The molecule has 1 nitrogen and oxygen atoms in total. The number of rotatable bonds is 4. The maximum Gasteiger partial charge on any atom is 0.136 e. The van der Waals surface area contributed by atoms with Crippen LogP contribution >= 0.6 is 0 Å². The third-order valence-electron chi connectivity index (χ3n) is 10.9. The van der Waals surface area contributed by atoms with Crippen molar-refractivity contribution in [2.45, 2.75) is 19.3 Å². The first kappa shape index (κ1) is 28.8. The van der Waals surface area contributed by atoms with Crippen LogP contribution in [0.4, 0.5) is 0 Å². The lowest BCUT2D eigenvalue weighted by Crippen LogP contribution is -2.14. The van der Waals surface area contributed by atoms with Gasteiger partial charge in [0.25, 0.3) is 0 Å². The highest BCUT2D eigenvalue weighted by Crippen LogP contribution is 2.53. The van der Waals surface area contributed by atoms with Crippen LogP contribution < -0.4 is 0 Å². The molecule has 0 aliphatic heterocycles. The van der Waals surface area contributed by atoms with Crippen LogP contribution in [-0.4, -0.2) is 0 Å². The lowest BCUT2D eigenvalue weighted by molar-refractivity contribution is 0.631. The van der Waals surface area contributed by atoms with E-state index in [0.29, 0.717) is 0 Å². The van der Waals surface area contributed by atoms with Crippen LogP contribution in [0.2, 0.25) is 0 Å². The molecule has 0 atom stereocenters. The van der Waals surface area contributed by atoms with Gasteiger partial charge in [0.05, 0.1) is 0 Å². The highest BCUT2D eigenvalue weighted by atomic mass is 16.3. The fourth-order valence-corrected chi connectivity index (χ4v) is 8.56. The summed E-state index contributed by atoms with van der Waals surface area (Å²) in [7, 11) is 0. The van der Waals surface area contributed by atoms with Crippen molar-refractivity contribution in [1.82, 2.24) is 0 Å². The molecular formula is C49H34O. The van der Waals surface area contributed by atoms with Gasteiger partial charge in [-0.05, 0) is 89.3 Å². The van der Waals surface area contributed by atoms with Crippen LogP contribution in [0, 0.1) is 0 Å². The lowest BCUT2D eigenvalue weighted by Gasteiger charge is -2.21. The molecule has 0 saturated heterocycles. The second kappa shape index (κ2) is 10.9. The summed E-state index contributed by atoms with van der Waals surface area (Å²) < 4.78 is 6.79. The van der Waals surface area contributed by atoms with Gasteiger partial charge in [0.1, 0.15) is 11.3 Å². The monoisotopic (exact) mass is 638 g/mol. The van der Waals surface area contributed by atoms with Crippen molar-refractivity contribution in [2.24, 2.45) is 0 Å². The third kappa shape index (κ3) is 4.20. The van der Waals surface area contributed by atoms with E-state index in [9.17, 15) is 0 Å². The topological polar surface area (TPSA) is 13.1 Å². The summed E-state index contributed by atoms with van der Waals surface area (Å²) in [6, 6.07) is 61.7. The Kier molecular flexibility index (Phi) is 6.29. The van der Waals surface area contributed by atoms with Gasteiger partial charge in [0.15, 0.2) is 0 Å². The van der Waals surface area contributed by atoms with Crippen molar-refractivity contribution in [2.75, 3.05) is 0 Å². The summed E-state index contributed by atoms with van der Waals surface area (Å²) in [6.07, 6.45) is 0. The van der Waals surface area contributed by atoms with Gasteiger partial charge >= 0.3 is 0 Å². The quantitative estimate of drug-likeness (QED) is 0.175. The largest absolute Gasteiger partial charge is 0.456 e. The van der Waals surface area contributed by atoms with Gasteiger partial charge in [-0.15, -0.1) is 0 Å². The minimum atomic E-state index is -0.0689. The number of hydrogen-bond acceptors (Lipinski definition) is 1. The zero-order valence-electron chi connectivity index (χ0n) is 28.1. The van der Waals surface area contributed by atoms with E-state index >= 15 is 0 Å². The number of benzene rings is 8. The van der Waals surface area contributed by atoms with Crippen LogP contribution in [0.5, 0.6) is 0 Å². The Bertz CT molecular complexity index is 2700. The fraction of sp³-hybridized carbons (Fsp3) is 0.0612. The van der Waals surface area contributed by atoms with E-state index in [1.54, 1.807) is 0 Å². The highest BCUT2D eigenvalue weighted by Gasteiger charge is 2.37. The van der Waals surface area contributed by atoms with Crippen LogP contribution in [0.25, 0.3) is 88.3 Å². The second-order valence-electron chi connectivity index (χ2n) is 14.0. The van der Waals surface area contributed by atoms with Crippen molar-refractivity contribution in [3.8, 4) is 55.8 Å². The standard InChI is InChI=1S/C49H34O/c1-49(2)42-23-11-10-20-39(42)48-40(22-12-24-43(48)49)45-30-41-38(21-13-25-44(41)50-45)47-36-18-8-6-16-34(36)46(35-17-7-9-19-37(35)47)33-28-26-32(27-29-33)31-14-4-3-5-15-31/h3-30H,1-2H3. The average Bonchev–Trinajstić information content (AvgIpc) is 3.71. The molecule has 0 N–H and O–H groups in total. The Morgan fingerprint density at radius 3 is 1.60 bits per heavy atom. The predicted molar refractivity (Wildman–Crippen MR) is 211 cm³/mol. The number of fused-ring (bicyclic) bond motifs is 6. The lowest BCUT2D eigenvalue weighted by atomic mass is 9.82. The molecule has 1 heteroatoms. The first-order valence-corrected chi connectivity index (χ1v) is 17.4. The molecule has 10 rings (SSSR count). The van der Waals surface area contributed by atoms with E-state index < -0.39 is 0 Å². The van der Waals surface area contributed by atoms with E-state index in [0.717, 1.165) is 22.3 Å². The molecule has 0 unspecified atom stereocenters. The Morgan fingerprint density at radius 1 is 0.360 bits per heavy atom. The Balaban J connectivity index is 1.19. The summed E-state index contributed by atoms with van der Waals surface area (Å²) in [4.78, 5) is 0. The summed E-state index contributed by atoms with van der Waals surface area (Å²) in [6.45, 7) is 4.66. The van der Waals surface area contributed by atoms with Crippen LogP contribution in [0.15, 0.2) is 174 Å². The van der Waals surface area contributed by atoms with Crippen molar-refractivity contribution >= 4 is 32.5 Å². The predicted octanol–water partition coefficient (Wildman–Crippen LogP) is 13.7. The smallest absolute Gasteiger partial charge is 0.136 e. The SMILES string of the molecule is CC1(C)c2ccccc2-c2c(-c3cc4c(-c5c6ccccc6c(-c6ccc(-c7ccccc7)cc6)c6ccccc56)cccc4o3)cccc21. The van der Waals surface area contributed by atoms with Crippen molar-refractivity contribution < 1.29 is 4.42 Å². The fourth-order valence-electron chi connectivity index (χ4n) is 8.56. The molecule has 0 spiro atoms. The van der Waals surface area contributed by atoms with Crippen LogP contribution in [0.3, 0.4) is 0 Å². The Morgan fingerprint density at radius 2 is 0.880 bits per heavy atom. The summed E-state index contributed by atoms with van der Waals surface area (Å²) in [5, 5.41) is 6.09. The molecule has 0 amide bonds. The van der Waals surface area contributed by atoms with Gasteiger partial charge in [-0.25, -0.2) is 0 Å². The molecule has 1 aliphatic carbocycles.